The van der Waals surface area contributed by atoms with Gasteiger partial charge in [-0.3, -0.25) is 4.79 Å². The molecule has 1 amide bonds. The van der Waals surface area contributed by atoms with E-state index in [0.717, 1.165) is 12.5 Å². The number of rotatable bonds is 5. The second kappa shape index (κ2) is 9.31. The first-order valence-electron chi connectivity index (χ1n) is 7.73. The number of carbonyl (C=O) groups is 1. The van der Waals surface area contributed by atoms with Gasteiger partial charge in [0.15, 0.2) is 0 Å². The fourth-order valence-corrected chi connectivity index (χ4v) is 4.11. The molecule has 1 unspecified atom stereocenters. The molecule has 0 saturated heterocycles. The molecule has 3 rings (SSSR count). The largest absolute Gasteiger partial charge is 0.322 e. The molecule has 138 valence electrons. The van der Waals surface area contributed by atoms with Gasteiger partial charge in [-0.15, -0.1) is 0 Å². The van der Waals surface area contributed by atoms with E-state index in [4.69, 9.17) is 0 Å². The Morgan fingerprint density at radius 2 is 1.52 bits per heavy atom. The van der Waals surface area contributed by atoms with E-state index >= 15 is 0 Å². The van der Waals surface area contributed by atoms with Gasteiger partial charge in [-0.25, -0.2) is 4.21 Å². The summed E-state index contributed by atoms with van der Waals surface area (Å²) in [5, 5.41) is 2.85. The quantitative estimate of drug-likeness (QED) is 0.334. The zero-order valence-corrected chi connectivity index (χ0v) is 19.9. The van der Waals surface area contributed by atoms with Crippen LogP contribution in [0.5, 0.6) is 0 Å². The molecule has 0 radical (unpaired) electrons. The van der Waals surface area contributed by atoms with E-state index in [1.54, 1.807) is 42.5 Å². The molecule has 0 heterocycles. The van der Waals surface area contributed by atoms with Crippen LogP contribution in [0.25, 0.3) is 0 Å². The minimum atomic E-state index is -1.48. The van der Waals surface area contributed by atoms with Crippen molar-refractivity contribution in [1.82, 2.24) is 0 Å². The number of halogens is 3. The summed E-state index contributed by atoms with van der Waals surface area (Å²) in [6.07, 6.45) is 0. The monoisotopic (exact) mass is 618 g/mol. The van der Waals surface area contributed by atoms with Crippen LogP contribution >= 0.6 is 54.5 Å². The molecule has 0 spiro atoms. The van der Waals surface area contributed by atoms with Crippen molar-refractivity contribution in [3.63, 3.8) is 0 Å². The summed E-state index contributed by atoms with van der Waals surface area (Å²) in [5.74, 6) is -0.291. The highest BCUT2D eigenvalue weighted by molar-refractivity contribution is 14.1. The van der Waals surface area contributed by atoms with Gasteiger partial charge < -0.3 is 10.0 Å². The molecule has 3 aromatic carbocycles. The summed E-state index contributed by atoms with van der Waals surface area (Å²) in [5.41, 5.74) is 1.56. The van der Waals surface area contributed by atoms with Crippen LogP contribution in [0.1, 0.15) is 10.4 Å². The van der Waals surface area contributed by atoms with Gasteiger partial charge in [-0.1, -0.05) is 31.9 Å². The lowest BCUT2D eigenvalue weighted by atomic mass is 10.1. The molecule has 0 fully saturated rings. The molecule has 27 heavy (non-hydrogen) atoms. The van der Waals surface area contributed by atoms with Crippen molar-refractivity contribution >= 4 is 82.7 Å². The number of benzene rings is 3. The first-order chi connectivity index (χ1) is 12.9. The molecule has 0 aliphatic rings. The standard InChI is InChI=1S/C19H13Br2IN2O2S/c20-12-1-6-15(7-2-12)23-19(25)17-11-13(21)3-10-18(17)24-27(26)16-8-4-14(22)5-9-16/h1-11,24H,(H,23,25). The highest BCUT2D eigenvalue weighted by Crippen LogP contribution is 2.24. The molecule has 2 N–H and O–H groups in total. The van der Waals surface area contributed by atoms with Crippen LogP contribution in [0.4, 0.5) is 11.4 Å². The van der Waals surface area contributed by atoms with Crippen molar-refractivity contribution in [3.8, 4) is 0 Å². The zero-order valence-electron chi connectivity index (χ0n) is 13.7. The smallest absolute Gasteiger partial charge is 0.257 e. The lowest BCUT2D eigenvalue weighted by molar-refractivity contribution is 0.102. The Kier molecular flexibility index (Phi) is 7.07. The minimum Gasteiger partial charge on any atom is -0.322 e. The van der Waals surface area contributed by atoms with E-state index in [1.807, 2.05) is 24.3 Å². The first kappa shape index (κ1) is 20.5. The lowest BCUT2D eigenvalue weighted by Gasteiger charge is -2.13. The van der Waals surface area contributed by atoms with Gasteiger partial charge in [0.25, 0.3) is 5.91 Å². The van der Waals surface area contributed by atoms with Crippen molar-refractivity contribution in [2.45, 2.75) is 4.90 Å². The van der Waals surface area contributed by atoms with Gasteiger partial charge in [0, 0.05) is 18.2 Å². The second-order valence-corrected chi connectivity index (χ2v) is 9.77. The fraction of sp³-hybridized carbons (Fsp3) is 0. The Labute approximate surface area is 190 Å². The summed E-state index contributed by atoms with van der Waals surface area (Å²) < 4.78 is 18.3. The minimum absolute atomic E-state index is 0.291. The van der Waals surface area contributed by atoms with Crippen LogP contribution < -0.4 is 10.0 Å². The van der Waals surface area contributed by atoms with Gasteiger partial charge >= 0.3 is 0 Å². The van der Waals surface area contributed by atoms with E-state index < -0.39 is 11.0 Å². The Morgan fingerprint density at radius 1 is 0.889 bits per heavy atom. The third-order valence-corrected chi connectivity index (χ3v) is 6.41. The topological polar surface area (TPSA) is 58.2 Å². The molecule has 4 nitrogen and oxygen atoms in total. The highest BCUT2D eigenvalue weighted by Gasteiger charge is 2.15. The normalized spacial score (nSPS) is 11.7. The summed E-state index contributed by atoms with van der Waals surface area (Å²) in [4.78, 5) is 13.4. The van der Waals surface area contributed by atoms with Gasteiger partial charge in [-0.05, 0) is 89.3 Å². The molecule has 3 aromatic rings. The molecular formula is C19H13Br2IN2O2S. The summed E-state index contributed by atoms with van der Waals surface area (Å²) >= 11 is 8.95. The third kappa shape index (κ3) is 5.63. The van der Waals surface area contributed by atoms with E-state index in [-0.39, 0.29) is 5.91 Å². The average molecular weight is 620 g/mol. The number of amides is 1. The van der Waals surface area contributed by atoms with E-state index in [2.05, 4.69) is 64.5 Å². The summed E-state index contributed by atoms with van der Waals surface area (Å²) in [6.45, 7) is 0. The van der Waals surface area contributed by atoms with Crippen molar-refractivity contribution in [2.24, 2.45) is 0 Å². The number of hydrogen-bond acceptors (Lipinski definition) is 2. The van der Waals surface area contributed by atoms with Crippen LogP contribution in [-0.4, -0.2) is 10.1 Å². The Hall–Kier alpha value is -1.23. The predicted octanol–water partition coefficient (Wildman–Crippen LogP) is 6.20. The molecule has 0 saturated carbocycles. The number of hydrogen-bond donors (Lipinski definition) is 2. The van der Waals surface area contributed by atoms with Crippen molar-refractivity contribution in [1.29, 1.82) is 0 Å². The molecule has 1 atom stereocenters. The zero-order chi connectivity index (χ0) is 19.4. The van der Waals surface area contributed by atoms with E-state index in [9.17, 15) is 9.00 Å². The van der Waals surface area contributed by atoms with Crippen molar-refractivity contribution < 1.29 is 9.00 Å². The van der Waals surface area contributed by atoms with Crippen LogP contribution in [0, 0.1) is 3.57 Å². The van der Waals surface area contributed by atoms with E-state index in [1.165, 1.54) is 0 Å². The predicted molar refractivity (Wildman–Crippen MR) is 125 cm³/mol. The molecule has 8 heteroatoms. The van der Waals surface area contributed by atoms with Gasteiger partial charge in [0.05, 0.1) is 16.1 Å². The number of carbonyl (C=O) groups excluding carboxylic acids is 1. The SMILES string of the molecule is O=C(Nc1ccc(Br)cc1)c1cc(Br)ccc1NS(=O)c1ccc(I)cc1. The van der Waals surface area contributed by atoms with Gasteiger partial charge in [0.1, 0.15) is 11.0 Å². The van der Waals surface area contributed by atoms with Gasteiger partial charge in [0.2, 0.25) is 0 Å². The van der Waals surface area contributed by atoms with Crippen molar-refractivity contribution in [2.75, 3.05) is 10.0 Å². The second-order valence-electron chi connectivity index (χ2n) is 5.48. The summed E-state index contributed by atoms with van der Waals surface area (Å²) in [7, 11) is -1.48. The molecular weight excluding hydrogens is 607 g/mol. The molecule has 0 aliphatic heterocycles. The maximum Gasteiger partial charge on any atom is 0.257 e. The Balaban J connectivity index is 1.83. The summed E-state index contributed by atoms with van der Waals surface area (Å²) in [6, 6.07) is 19.9. The van der Waals surface area contributed by atoms with E-state index in [0.29, 0.717) is 21.8 Å². The maximum atomic E-state index is 12.8. The van der Waals surface area contributed by atoms with Crippen LogP contribution in [0.2, 0.25) is 0 Å². The number of nitrogens with one attached hydrogen (secondary N) is 2. The molecule has 0 aliphatic carbocycles. The lowest BCUT2D eigenvalue weighted by Crippen LogP contribution is -2.16. The van der Waals surface area contributed by atoms with Crippen LogP contribution in [0.3, 0.4) is 0 Å². The third-order valence-electron chi connectivity index (χ3n) is 3.56. The highest BCUT2D eigenvalue weighted by atomic mass is 127. The maximum absolute atomic E-state index is 12.8. The Morgan fingerprint density at radius 3 is 2.19 bits per heavy atom. The molecule has 0 bridgehead atoms. The van der Waals surface area contributed by atoms with Gasteiger partial charge in [-0.2, -0.15) is 0 Å². The van der Waals surface area contributed by atoms with Crippen LogP contribution in [0.15, 0.2) is 80.6 Å². The first-order valence-corrected chi connectivity index (χ1v) is 11.5. The Bertz CT molecular complexity index is 996. The number of anilines is 2. The van der Waals surface area contributed by atoms with Crippen molar-refractivity contribution in [3.05, 3.63) is 84.8 Å². The van der Waals surface area contributed by atoms with Crippen LogP contribution in [-0.2, 0) is 11.0 Å². The molecule has 0 aromatic heterocycles. The average Bonchev–Trinajstić information content (AvgIpc) is 2.65. The fourth-order valence-electron chi connectivity index (χ4n) is 2.24.